The molecule has 0 fully saturated rings. The van der Waals surface area contributed by atoms with Gasteiger partial charge in [-0.3, -0.25) is 10.1 Å². The number of rotatable bonds is 4. The predicted octanol–water partition coefficient (Wildman–Crippen LogP) is 2.98. The second kappa shape index (κ2) is 5.58. The van der Waals surface area contributed by atoms with Crippen LogP contribution in [-0.2, 0) is 6.42 Å². The molecule has 0 aliphatic carbocycles. The maximum Gasteiger partial charge on any atom is 0.269 e. The molecular formula is C14H13FN2O2. The van der Waals surface area contributed by atoms with Crippen LogP contribution in [0.5, 0.6) is 0 Å². The Morgan fingerprint density at radius 1 is 1.16 bits per heavy atom. The van der Waals surface area contributed by atoms with Crippen molar-refractivity contribution < 1.29 is 9.31 Å². The molecule has 2 N–H and O–H groups in total. The SMILES string of the molecule is NC(Cc1ccc([N+](=O)[O-])cc1)c1ccccc1F. The van der Waals surface area contributed by atoms with Crippen LogP contribution in [0.15, 0.2) is 48.5 Å². The van der Waals surface area contributed by atoms with Crippen molar-refractivity contribution in [1.82, 2.24) is 0 Å². The van der Waals surface area contributed by atoms with Crippen LogP contribution in [0.2, 0.25) is 0 Å². The van der Waals surface area contributed by atoms with E-state index in [1.54, 1.807) is 30.3 Å². The van der Waals surface area contributed by atoms with Gasteiger partial charge in [-0.1, -0.05) is 30.3 Å². The Hall–Kier alpha value is -2.27. The van der Waals surface area contributed by atoms with Crippen LogP contribution in [0.4, 0.5) is 10.1 Å². The molecule has 0 heterocycles. The summed E-state index contributed by atoms with van der Waals surface area (Å²) in [7, 11) is 0. The Balaban J connectivity index is 2.13. The van der Waals surface area contributed by atoms with Crippen LogP contribution in [0.25, 0.3) is 0 Å². The van der Waals surface area contributed by atoms with Crippen LogP contribution >= 0.6 is 0 Å². The summed E-state index contributed by atoms with van der Waals surface area (Å²) in [4.78, 5) is 10.1. The van der Waals surface area contributed by atoms with E-state index in [9.17, 15) is 14.5 Å². The van der Waals surface area contributed by atoms with Gasteiger partial charge in [-0.25, -0.2) is 4.39 Å². The third kappa shape index (κ3) is 3.14. The van der Waals surface area contributed by atoms with Crippen molar-refractivity contribution in [3.8, 4) is 0 Å². The highest BCUT2D eigenvalue weighted by molar-refractivity contribution is 5.34. The van der Waals surface area contributed by atoms with Crippen LogP contribution in [0.3, 0.4) is 0 Å². The molecule has 0 spiro atoms. The molecule has 4 nitrogen and oxygen atoms in total. The molecular weight excluding hydrogens is 247 g/mol. The molecule has 1 atom stereocenters. The molecule has 2 aromatic carbocycles. The first kappa shape index (κ1) is 13.2. The van der Waals surface area contributed by atoms with E-state index in [1.807, 2.05) is 0 Å². The Morgan fingerprint density at radius 2 is 1.79 bits per heavy atom. The number of nitro benzene ring substituents is 1. The van der Waals surface area contributed by atoms with Crippen molar-refractivity contribution in [2.24, 2.45) is 5.73 Å². The van der Waals surface area contributed by atoms with E-state index in [4.69, 9.17) is 5.73 Å². The highest BCUT2D eigenvalue weighted by atomic mass is 19.1. The van der Waals surface area contributed by atoms with Crippen LogP contribution in [0, 0.1) is 15.9 Å². The topological polar surface area (TPSA) is 69.2 Å². The molecule has 0 amide bonds. The van der Waals surface area contributed by atoms with Crippen molar-refractivity contribution in [3.05, 3.63) is 75.6 Å². The lowest BCUT2D eigenvalue weighted by Crippen LogP contribution is -2.14. The molecule has 19 heavy (non-hydrogen) atoms. The molecule has 0 aromatic heterocycles. The monoisotopic (exact) mass is 260 g/mol. The predicted molar refractivity (Wildman–Crippen MR) is 70.1 cm³/mol. The number of nitrogens with zero attached hydrogens (tertiary/aromatic N) is 1. The molecule has 2 rings (SSSR count). The zero-order valence-corrected chi connectivity index (χ0v) is 10.1. The van der Waals surface area contributed by atoms with E-state index in [0.29, 0.717) is 12.0 Å². The number of hydrogen-bond donors (Lipinski definition) is 1. The van der Waals surface area contributed by atoms with Crippen LogP contribution in [-0.4, -0.2) is 4.92 Å². The van der Waals surface area contributed by atoms with Crippen molar-refractivity contribution in [3.63, 3.8) is 0 Å². The van der Waals surface area contributed by atoms with Gasteiger partial charge in [0.2, 0.25) is 0 Å². The lowest BCUT2D eigenvalue weighted by Gasteiger charge is -2.12. The van der Waals surface area contributed by atoms with Crippen molar-refractivity contribution in [2.75, 3.05) is 0 Å². The van der Waals surface area contributed by atoms with Gasteiger partial charge in [0.15, 0.2) is 0 Å². The quantitative estimate of drug-likeness (QED) is 0.678. The number of nitro groups is 1. The van der Waals surface area contributed by atoms with Gasteiger partial charge >= 0.3 is 0 Å². The van der Waals surface area contributed by atoms with Gasteiger partial charge in [0, 0.05) is 23.7 Å². The summed E-state index contributed by atoms with van der Waals surface area (Å²) in [5, 5.41) is 10.5. The lowest BCUT2D eigenvalue weighted by atomic mass is 9.99. The first-order chi connectivity index (χ1) is 9.08. The minimum absolute atomic E-state index is 0.0308. The maximum atomic E-state index is 13.5. The molecule has 0 radical (unpaired) electrons. The molecule has 1 unspecified atom stereocenters. The van der Waals surface area contributed by atoms with Gasteiger partial charge in [-0.05, 0) is 18.1 Å². The fourth-order valence-corrected chi connectivity index (χ4v) is 1.89. The Labute approximate surface area is 109 Å². The summed E-state index contributed by atoms with van der Waals surface area (Å²) in [5.74, 6) is -0.336. The van der Waals surface area contributed by atoms with Gasteiger partial charge in [0.25, 0.3) is 5.69 Å². The minimum Gasteiger partial charge on any atom is -0.324 e. The van der Waals surface area contributed by atoms with Crippen molar-refractivity contribution >= 4 is 5.69 Å². The first-order valence-corrected chi connectivity index (χ1v) is 5.81. The highest BCUT2D eigenvalue weighted by Gasteiger charge is 2.12. The smallest absolute Gasteiger partial charge is 0.269 e. The van der Waals surface area contributed by atoms with Gasteiger partial charge in [-0.2, -0.15) is 0 Å². The molecule has 0 bridgehead atoms. The maximum absolute atomic E-state index is 13.5. The van der Waals surface area contributed by atoms with E-state index < -0.39 is 11.0 Å². The Bertz CT molecular complexity index is 584. The Kier molecular flexibility index (Phi) is 3.87. The van der Waals surface area contributed by atoms with Crippen LogP contribution < -0.4 is 5.73 Å². The third-order valence-corrected chi connectivity index (χ3v) is 2.91. The molecule has 0 saturated carbocycles. The van der Waals surface area contributed by atoms with E-state index in [-0.39, 0.29) is 11.5 Å². The number of halogens is 1. The number of benzene rings is 2. The summed E-state index contributed by atoms with van der Waals surface area (Å²) in [6.07, 6.45) is 0.429. The van der Waals surface area contributed by atoms with E-state index in [1.165, 1.54) is 18.2 Å². The molecule has 98 valence electrons. The van der Waals surface area contributed by atoms with E-state index >= 15 is 0 Å². The Morgan fingerprint density at radius 3 is 2.37 bits per heavy atom. The molecule has 0 aliphatic heterocycles. The van der Waals surface area contributed by atoms with Gasteiger partial charge in [-0.15, -0.1) is 0 Å². The first-order valence-electron chi connectivity index (χ1n) is 5.81. The molecule has 0 saturated heterocycles. The number of nitrogens with two attached hydrogens (primary N) is 1. The normalized spacial score (nSPS) is 12.1. The second-order valence-corrected chi connectivity index (χ2v) is 4.26. The summed E-state index contributed by atoms with van der Waals surface area (Å²) in [6, 6.07) is 12.0. The molecule has 2 aromatic rings. The summed E-state index contributed by atoms with van der Waals surface area (Å²) in [5.41, 5.74) is 7.26. The van der Waals surface area contributed by atoms with Crippen molar-refractivity contribution in [2.45, 2.75) is 12.5 Å². The van der Waals surface area contributed by atoms with Crippen molar-refractivity contribution in [1.29, 1.82) is 0 Å². The molecule has 5 heteroatoms. The summed E-state index contributed by atoms with van der Waals surface area (Å²) >= 11 is 0. The van der Waals surface area contributed by atoms with Gasteiger partial charge < -0.3 is 5.73 Å². The number of hydrogen-bond acceptors (Lipinski definition) is 3. The fraction of sp³-hybridized carbons (Fsp3) is 0.143. The largest absolute Gasteiger partial charge is 0.324 e. The van der Waals surface area contributed by atoms with Gasteiger partial charge in [0.05, 0.1) is 4.92 Å². The fourth-order valence-electron chi connectivity index (χ4n) is 1.89. The number of non-ortho nitro benzene ring substituents is 1. The van der Waals surface area contributed by atoms with E-state index in [2.05, 4.69) is 0 Å². The zero-order chi connectivity index (χ0) is 13.8. The van der Waals surface area contributed by atoms with E-state index in [0.717, 1.165) is 5.56 Å². The average Bonchev–Trinajstić information content (AvgIpc) is 2.39. The lowest BCUT2D eigenvalue weighted by molar-refractivity contribution is -0.384. The minimum atomic E-state index is -0.470. The summed E-state index contributed by atoms with van der Waals surface area (Å²) in [6.45, 7) is 0. The average molecular weight is 260 g/mol. The third-order valence-electron chi connectivity index (χ3n) is 2.91. The highest BCUT2D eigenvalue weighted by Crippen LogP contribution is 2.20. The summed E-state index contributed by atoms with van der Waals surface area (Å²) < 4.78 is 13.5. The van der Waals surface area contributed by atoms with Gasteiger partial charge in [0.1, 0.15) is 5.82 Å². The molecule has 0 aliphatic rings. The standard InChI is InChI=1S/C14H13FN2O2/c15-13-4-2-1-3-12(13)14(16)9-10-5-7-11(8-6-10)17(18)19/h1-8,14H,9,16H2. The van der Waals surface area contributed by atoms with Crippen LogP contribution in [0.1, 0.15) is 17.2 Å². The zero-order valence-electron chi connectivity index (χ0n) is 10.1. The second-order valence-electron chi connectivity index (χ2n) is 4.26.